The molecule has 0 aliphatic carbocycles. The van der Waals surface area contributed by atoms with Crippen LogP contribution in [0, 0.1) is 5.82 Å². The number of carbonyl (C=O) groups excluding carboxylic acids is 1. The molecule has 0 aromatic heterocycles. The van der Waals surface area contributed by atoms with E-state index in [1.165, 1.54) is 12.1 Å². The average molecular weight is 367 g/mol. The standard InChI is InChI=1S/C18H17Cl2FN2O/c19-12-3-8-16(17(20)10-12)18(24)23-9-1-2-15(11-23)22-14-6-4-13(21)5-7-14/h3-8,10,15,22H,1-2,9,11H2. The molecular formula is C18H17Cl2FN2O. The number of nitrogens with one attached hydrogen (secondary N) is 1. The summed E-state index contributed by atoms with van der Waals surface area (Å²) >= 11 is 12.0. The predicted molar refractivity (Wildman–Crippen MR) is 95.4 cm³/mol. The van der Waals surface area contributed by atoms with Crippen LogP contribution in [0.1, 0.15) is 23.2 Å². The predicted octanol–water partition coefficient (Wildman–Crippen LogP) is 4.85. The molecule has 3 nitrogen and oxygen atoms in total. The van der Waals surface area contributed by atoms with Gasteiger partial charge in [0.2, 0.25) is 0 Å². The van der Waals surface area contributed by atoms with E-state index >= 15 is 0 Å². The summed E-state index contributed by atoms with van der Waals surface area (Å²) in [7, 11) is 0. The number of amides is 1. The Morgan fingerprint density at radius 1 is 1.17 bits per heavy atom. The molecule has 24 heavy (non-hydrogen) atoms. The Kier molecular flexibility index (Phi) is 5.27. The van der Waals surface area contributed by atoms with E-state index < -0.39 is 0 Å². The largest absolute Gasteiger partial charge is 0.381 e. The van der Waals surface area contributed by atoms with Crippen LogP contribution in [0.25, 0.3) is 0 Å². The first-order valence-corrected chi connectivity index (χ1v) is 8.55. The summed E-state index contributed by atoms with van der Waals surface area (Å²) in [5, 5.41) is 4.22. The van der Waals surface area contributed by atoms with Crippen LogP contribution in [0.4, 0.5) is 10.1 Å². The fourth-order valence-electron chi connectivity index (χ4n) is 2.89. The monoisotopic (exact) mass is 366 g/mol. The van der Waals surface area contributed by atoms with Gasteiger partial charge in [0.1, 0.15) is 5.82 Å². The molecule has 0 saturated carbocycles. The summed E-state index contributed by atoms with van der Waals surface area (Å²) in [4.78, 5) is 14.5. The average Bonchev–Trinajstić information content (AvgIpc) is 2.57. The minimum atomic E-state index is -0.265. The van der Waals surface area contributed by atoms with Gasteiger partial charge in [-0.15, -0.1) is 0 Å². The van der Waals surface area contributed by atoms with Gasteiger partial charge in [-0.25, -0.2) is 4.39 Å². The lowest BCUT2D eigenvalue weighted by Gasteiger charge is -2.34. The molecule has 0 spiro atoms. The van der Waals surface area contributed by atoms with Crippen molar-refractivity contribution in [1.82, 2.24) is 4.90 Å². The highest BCUT2D eigenvalue weighted by atomic mass is 35.5. The summed E-state index contributed by atoms with van der Waals surface area (Å²) in [5.74, 6) is -0.361. The molecule has 0 bridgehead atoms. The van der Waals surface area contributed by atoms with E-state index in [0.29, 0.717) is 28.7 Å². The van der Waals surface area contributed by atoms with E-state index in [9.17, 15) is 9.18 Å². The Bertz CT molecular complexity index is 736. The fraction of sp³-hybridized carbons (Fsp3) is 0.278. The summed E-state index contributed by atoms with van der Waals surface area (Å²) in [6.45, 7) is 1.27. The van der Waals surface area contributed by atoms with Crippen molar-refractivity contribution >= 4 is 34.8 Å². The van der Waals surface area contributed by atoms with E-state index in [0.717, 1.165) is 18.5 Å². The van der Waals surface area contributed by atoms with Gasteiger partial charge in [0, 0.05) is 29.8 Å². The zero-order chi connectivity index (χ0) is 17.1. The smallest absolute Gasteiger partial charge is 0.255 e. The first-order valence-electron chi connectivity index (χ1n) is 7.79. The highest BCUT2D eigenvalue weighted by Gasteiger charge is 2.25. The van der Waals surface area contributed by atoms with Crippen molar-refractivity contribution in [2.45, 2.75) is 18.9 Å². The number of nitrogens with zero attached hydrogens (tertiary/aromatic N) is 1. The molecule has 1 heterocycles. The maximum Gasteiger partial charge on any atom is 0.255 e. The van der Waals surface area contributed by atoms with E-state index in [1.54, 1.807) is 35.2 Å². The van der Waals surface area contributed by atoms with E-state index in [1.807, 2.05) is 0 Å². The Balaban J connectivity index is 1.68. The molecule has 2 aromatic rings. The van der Waals surface area contributed by atoms with E-state index in [-0.39, 0.29) is 17.8 Å². The van der Waals surface area contributed by atoms with E-state index in [2.05, 4.69) is 5.32 Å². The molecule has 1 N–H and O–H groups in total. The Morgan fingerprint density at radius 3 is 2.62 bits per heavy atom. The number of anilines is 1. The second kappa shape index (κ2) is 7.41. The molecule has 1 aliphatic rings. The van der Waals surface area contributed by atoms with Crippen molar-refractivity contribution in [2.75, 3.05) is 18.4 Å². The summed E-state index contributed by atoms with van der Waals surface area (Å²) in [6, 6.07) is 11.3. The lowest BCUT2D eigenvalue weighted by molar-refractivity contribution is 0.0715. The maximum absolute atomic E-state index is 13.0. The molecule has 1 aliphatic heterocycles. The van der Waals surface area contributed by atoms with Crippen LogP contribution in [0.3, 0.4) is 0 Å². The minimum Gasteiger partial charge on any atom is -0.381 e. The lowest BCUT2D eigenvalue weighted by Crippen LogP contribution is -2.45. The Labute approximate surface area is 150 Å². The fourth-order valence-corrected chi connectivity index (χ4v) is 3.38. The minimum absolute atomic E-state index is 0.0951. The van der Waals surface area contributed by atoms with Gasteiger partial charge in [0.15, 0.2) is 0 Å². The normalized spacial score (nSPS) is 17.6. The number of benzene rings is 2. The van der Waals surface area contributed by atoms with Crippen molar-refractivity contribution < 1.29 is 9.18 Å². The molecule has 0 radical (unpaired) electrons. The van der Waals surface area contributed by atoms with Crippen molar-refractivity contribution in [1.29, 1.82) is 0 Å². The molecule has 2 aromatic carbocycles. The second-order valence-electron chi connectivity index (χ2n) is 5.87. The van der Waals surface area contributed by atoms with Gasteiger partial charge in [-0.05, 0) is 55.3 Å². The topological polar surface area (TPSA) is 32.3 Å². The molecular weight excluding hydrogens is 350 g/mol. The van der Waals surface area contributed by atoms with Crippen molar-refractivity contribution in [3.63, 3.8) is 0 Å². The van der Waals surface area contributed by atoms with Gasteiger partial charge in [-0.1, -0.05) is 23.2 Å². The summed E-state index contributed by atoms with van der Waals surface area (Å²) in [6.07, 6.45) is 1.85. The quantitative estimate of drug-likeness (QED) is 0.841. The summed E-state index contributed by atoms with van der Waals surface area (Å²) < 4.78 is 13.0. The van der Waals surface area contributed by atoms with Crippen LogP contribution in [0.2, 0.25) is 10.0 Å². The van der Waals surface area contributed by atoms with Crippen molar-refractivity contribution in [3.8, 4) is 0 Å². The second-order valence-corrected chi connectivity index (χ2v) is 6.71. The molecule has 1 amide bonds. The maximum atomic E-state index is 13.0. The molecule has 1 atom stereocenters. The third-order valence-electron chi connectivity index (χ3n) is 4.09. The number of rotatable bonds is 3. The van der Waals surface area contributed by atoms with Gasteiger partial charge in [-0.2, -0.15) is 0 Å². The van der Waals surface area contributed by atoms with Crippen LogP contribution in [-0.2, 0) is 0 Å². The van der Waals surface area contributed by atoms with Crippen molar-refractivity contribution in [2.24, 2.45) is 0 Å². The SMILES string of the molecule is O=C(c1ccc(Cl)cc1Cl)N1CCCC(Nc2ccc(F)cc2)C1. The molecule has 1 saturated heterocycles. The first-order chi connectivity index (χ1) is 11.5. The van der Waals surface area contributed by atoms with Crippen LogP contribution in [0.15, 0.2) is 42.5 Å². The van der Waals surface area contributed by atoms with Gasteiger partial charge >= 0.3 is 0 Å². The Hall–Kier alpha value is -1.78. The molecule has 126 valence electrons. The zero-order valence-electron chi connectivity index (χ0n) is 12.9. The number of hydrogen-bond acceptors (Lipinski definition) is 2. The van der Waals surface area contributed by atoms with Crippen LogP contribution >= 0.6 is 23.2 Å². The van der Waals surface area contributed by atoms with Crippen LogP contribution in [-0.4, -0.2) is 29.9 Å². The first kappa shape index (κ1) is 17.1. The molecule has 1 fully saturated rings. The number of halogens is 3. The molecule has 3 rings (SSSR count). The number of carbonyl (C=O) groups is 1. The van der Waals surface area contributed by atoms with E-state index in [4.69, 9.17) is 23.2 Å². The van der Waals surface area contributed by atoms with Crippen LogP contribution < -0.4 is 5.32 Å². The van der Waals surface area contributed by atoms with Crippen LogP contribution in [0.5, 0.6) is 0 Å². The van der Waals surface area contributed by atoms with Crippen molar-refractivity contribution in [3.05, 3.63) is 63.9 Å². The highest BCUT2D eigenvalue weighted by Crippen LogP contribution is 2.24. The van der Waals surface area contributed by atoms with Gasteiger partial charge in [0.05, 0.1) is 10.6 Å². The zero-order valence-corrected chi connectivity index (χ0v) is 14.4. The number of piperidine rings is 1. The number of likely N-dealkylation sites (tertiary alicyclic amines) is 1. The Morgan fingerprint density at radius 2 is 1.92 bits per heavy atom. The third kappa shape index (κ3) is 4.00. The molecule has 1 unspecified atom stereocenters. The van der Waals surface area contributed by atoms with Gasteiger partial charge in [0.25, 0.3) is 5.91 Å². The summed E-state index contributed by atoms with van der Waals surface area (Å²) in [5.41, 5.74) is 1.31. The third-order valence-corrected chi connectivity index (χ3v) is 4.63. The van der Waals surface area contributed by atoms with Gasteiger partial charge < -0.3 is 10.2 Å². The molecule has 6 heteroatoms. The highest BCUT2D eigenvalue weighted by molar-refractivity contribution is 6.36. The lowest BCUT2D eigenvalue weighted by atomic mass is 10.0. The number of hydrogen-bond donors (Lipinski definition) is 1. The van der Waals surface area contributed by atoms with Gasteiger partial charge in [-0.3, -0.25) is 4.79 Å².